The van der Waals surface area contributed by atoms with Crippen LogP contribution in [0.1, 0.15) is 36.3 Å². The fourth-order valence-electron chi connectivity index (χ4n) is 4.37. The molecule has 0 radical (unpaired) electrons. The summed E-state index contributed by atoms with van der Waals surface area (Å²) >= 11 is 0. The van der Waals surface area contributed by atoms with Crippen LogP contribution >= 0.6 is 0 Å². The minimum absolute atomic E-state index is 0.0385. The van der Waals surface area contributed by atoms with E-state index in [9.17, 15) is 14.4 Å². The second-order valence-electron chi connectivity index (χ2n) is 8.66. The average Bonchev–Trinajstić information content (AvgIpc) is 3.59. The van der Waals surface area contributed by atoms with Gasteiger partial charge in [-0.3, -0.25) is 4.79 Å². The molecule has 2 atom stereocenters. The van der Waals surface area contributed by atoms with Crippen LogP contribution in [-0.2, 0) is 14.3 Å². The van der Waals surface area contributed by atoms with Gasteiger partial charge in [0.05, 0.1) is 12.5 Å². The number of carboxylic acid groups (broad SMARTS) is 1. The first-order valence-electron chi connectivity index (χ1n) is 11.2. The lowest BCUT2D eigenvalue weighted by molar-refractivity contribution is -0.143. The van der Waals surface area contributed by atoms with Crippen molar-refractivity contribution in [1.82, 2.24) is 10.6 Å². The van der Waals surface area contributed by atoms with Gasteiger partial charge in [-0.25, -0.2) is 9.59 Å². The highest BCUT2D eigenvalue weighted by Crippen LogP contribution is 2.44. The summed E-state index contributed by atoms with van der Waals surface area (Å²) in [5.74, 6) is -2.06. The predicted molar refractivity (Wildman–Crippen MR) is 121 cm³/mol. The number of carboxylic acids is 1. The van der Waals surface area contributed by atoms with Crippen LogP contribution in [0.4, 0.5) is 4.79 Å². The highest BCUT2D eigenvalue weighted by Gasteiger charge is 2.32. The topological polar surface area (TPSA) is 125 Å². The van der Waals surface area contributed by atoms with Crippen molar-refractivity contribution in [2.45, 2.75) is 31.2 Å². The number of fused-ring (bicyclic) bond motifs is 3. The first kappa shape index (κ1) is 22.8. The van der Waals surface area contributed by atoms with Gasteiger partial charge in [0.15, 0.2) is 0 Å². The van der Waals surface area contributed by atoms with Gasteiger partial charge in [0.25, 0.3) is 0 Å². The molecule has 0 saturated heterocycles. The lowest BCUT2D eigenvalue weighted by atomic mass is 9.98. The summed E-state index contributed by atoms with van der Waals surface area (Å²) in [6, 6.07) is 14.7. The summed E-state index contributed by atoms with van der Waals surface area (Å²) < 4.78 is 5.52. The molecule has 2 unspecified atom stereocenters. The maximum atomic E-state index is 12.6. The molecule has 0 aromatic heterocycles. The maximum absolute atomic E-state index is 12.6. The molecule has 2 aliphatic rings. The number of rotatable bonds is 10. The van der Waals surface area contributed by atoms with E-state index in [1.54, 1.807) is 0 Å². The van der Waals surface area contributed by atoms with Crippen LogP contribution in [0, 0.1) is 11.8 Å². The lowest BCUT2D eigenvalue weighted by Gasteiger charge is -2.20. The molecule has 0 aliphatic heterocycles. The van der Waals surface area contributed by atoms with Gasteiger partial charge in [0.2, 0.25) is 5.91 Å². The van der Waals surface area contributed by atoms with Crippen LogP contribution in [0.5, 0.6) is 0 Å². The van der Waals surface area contributed by atoms with Crippen LogP contribution in [0.15, 0.2) is 48.5 Å². The highest BCUT2D eigenvalue weighted by molar-refractivity contribution is 5.85. The molecule has 1 saturated carbocycles. The average molecular weight is 453 g/mol. The quantitative estimate of drug-likeness (QED) is 0.439. The molecule has 4 rings (SSSR count). The van der Waals surface area contributed by atoms with Gasteiger partial charge < -0.3 is 25.6 Å². The largest absolute Gasteiger partial charge is 0.480 e. The van der Waals surface area contributed by atoms with Crippen LogP contribution in [0.2, 0.25) is 0 Å². The van der Waals surface area contributed by atoms with E-state index in [4.69, 9.17) is 14.9 Å². The third-order valence-electron chi connectivity index (χ3n) is 6.32. The molecule has 1 fully saturated rings. The summed E-state index contributed by atoms with van der Waals surface area (Å²) in [6.07, 6.45) is 1.95. The number of amides is 2. The third kappa shape index (κ3) is 5.34. The van der Waals surface area contributed by atoms with Crippen LogP contribution in [0.3, 0.4) is 0 Å². The second kappa shape index (κ2) is 10.0. The van der Waals surface area contributed by atoms with Gasteiger partial charge in [0, 0.05) is 12.5 Å². The molecule has 8 nitrogen and oxygen atoms in total. The van der Waals surface area contributed by atoms with Crippen molar-refractivity contribution in [3.8, 4) is 11.1 Å². The zero-order chi connectivity index (χ0) is 23.4. The van der Waals surface area contributed by atoms with E-state index in [1.165, 1.54) is 0 Å². The van der Waals surface area contributed by atoms with E-state index in [0.29, 0.717) is 12.3 Å². The zero-order valence-corrected chi connectivity index (χ0v) is 18.2. The lowest BCUT2D eigenvalue weighted by Crippen LogP contribution is -2.48. The Bertz CT molecular complexity index is 990. The van der Waals surface area contributed by atoms with Crippen molar-refractivity contribution >= 4 is 18.0 Å². The molecular formula is C25H28N2O6. The molecule has 0 spiro atoms. The number of aliphatic hydroxyl groups is 1. The van der Waals surface area contributed by atoms with Gasteiger partial charge in [-0.2, -0.15) is 0 Å². The number of aliphatic hydroxyl groups excluding tert-OH is 1. The van der Waals surface area contributed by atoms with Crippen molar-refractivity contribution in [2.75, 3.05) is 19.8 Å². The van der Waals surface area contributed by atoms with Gasteiger partial charge in [-0.05, 0) is 34.6 Å². The Morgan fingerprint density at radius 2 is 1.61 bits per heavy atom. The summed E-state index contributed by atoms with van der Waals surface area (Å²) in [7, 11) is 0. The van der Waals surface area contributed by atoms with Crippen LogP contribution in [0.25, 0.3) is 11.1 Å². The molecule has 2 amide bonds. The van der Waals surface area contributed by atoms with Gasteiger partial charge in [-0.15, -0.1) is 0 Å². The van der Waals surface area contributed by atoms with Crippen molar-refractivity contribution in [3.05, 3.63) is 59.7 Å². The van der Waals surface area contributed by atoms with Crippen molar-refractivity contribution < 1.29 is 29.3 Å². The van der Waals surface area contributed by atoms with Crippen molar-refractivity contribution in [3.63, 3.8) is 0 Å². The minimum atomic E-state index is -1.37. The third-order valence-corrected chi connectivity index (χ3v) is 6.32. The Kier molecular flexibility index (Phi) is 6.93. The molecule has 2 aromatic carbocycles. The SMILES string of the molecule is O=C(NCC(CC1CC1)C(=O)NC(CO)C(=O)O)OCC1c2ccccc2-c2ccccc21. The standard InChI is InChI=1S/C25H28N2O6/c28-13-22(24(30)31)27-23(29)16(11-15-9-10-15)12-26-25(32)33-14-21-19-7-3-1-5-17(19)18-6-2-4-8-20(18)21/h1-8,15-16,21-22,28H,9-14H2,(H,26,32)(H,27,29)(H,30,31). The number of ether oxygens (including phenoxy) is 1. The number of nitrogens with one attached hydrogen (secondary N) is 2. The van der Waals surface area contributed by atoms with E-state index in [1.807, 2.05) is 36.4 Å². The fraction of sp³-hybridized carbons (Fsp3) is 0.400. The Morgan fingerprint density at radius 3 is 2.15 bits per heavy atom. The highest BCUT2D eigenvalue weighted by atomic mass is 16.5. The first-order chi connectivity index (χ1) is 16.0. The zero-order valence-electron chi connectivity index (χ0n) is 18.2. The molecular weight excluding hydrogens is 424 g/mol. The Balaban J connectivity index is 1.34. The normalized spacial score (nSPS) is 16.3. The number of benzene rings is 2. The van der Waals surface area contributed by atoms with Gasteiger partial charge in [-0.1, -0.05) is 61.4 Å². The van der Waals surface area contributed by atoms with Crippen molar-refractivity contribution in [1.29, 1.82) is 0 Å². The molecule has 33 heavy (non-hydrogen) atoms. The number of carbonyl (C=O) groups is 3. The van der Waals surface area contributed by atoms with Crippen LogP contribution in [-0.4, -0.2) is 54.0 Å². The molecule has 2 aromatic rings. The molecule has 2 aliphatic carbocycles. The number of carbonyl (C=O) groups excluding carboxylic acids is 2. The van der Waals surface area contributed by atoms with E-state index >= 15 is 0 Å². The molecule has 4 N–H and O–H groups in total. The molecule has 174 valence electrons. The van der Waals surface area contributed by atoms with E-state index in [2.05, 4.69) is 22.8 Å². The molecule has 8 heteroatoms. The first-order valence-corrected chi connectivity index (χ1v) is 11.2. The monoisotopic (exact) mass is 452 g/mol. The van der Waals surface area contributed by atoms with Gasteiger partial charge >= 0.3 is 12.1 Å². The maximum Gasteiger partial charge on any atom is 0.407 e. The molecule has 0 heterocycles. The minimum Gasteiger partial charge on any atom is -0.480 e. The number of aliphatic carboxylic acids is 1. The fourth-order valence-corrected chi connectivity index (χ4v) is 4.37. The molecule has 0 bridgehead atoms. The summed E-state index contributed by atoms with van der Waals surface area (Å²) in [5, 5.41) is 23.2. The predicted octanol–water partition coefficient (Wildman–Crippen LogP) is 2.50. The van der Waals surface area contributed by atoms with Gasteiger partial charge in [0.1, 0.15) is 12.6 Å². The second-order valence-corrected chi connectivity index (χ2v) is 8.66. The summed E-state index contributed by atoms with van der Waals surface area (Å²) in [6.45, 7) is -0.487. The summed E-state index contributed by atoms with van der Waals surface area (Å²) in [5.41, 5.74) is 4.50. The number of hydrogen-bond donors (Lipinski definition) is 4. The number of alkyl carbamates (subject to hydrolysis) is 1. The Hall–Kier alpha value is -3.39. The van der Waals surface area contributed by atoms with E-state index in [0.717, 1.165) is 35.1 Å². The Labute approximate surface area is 192 Å². The van der Waals surface area contributed by atoms with E-state index < -0.39 is 36.5 Å². The van der Waals surface area contributed by atoms with Crippen molar-refractivity contribution in [2.24, 2.45) is 11.8 Å². The summed E-state index contributed by atoms with van der Waals surface area (Å²) in [4.78, 5) is 36.1. The number of hydrogen-bond acceptors (Lipinski definition) is 5. The van der Waals surface area contributed by atoms with E-state index in [-0.39, 0.29) is 19.1 Å². The smallest absolute Gasteiger partial charge is 0.407 e. The van der Waals surface area contributed by atoms with Crippen LogP contribution < -0.4 is 10.6 Å². The Morgan fingerprint density at radius 1 is 1.00 bits per heavy atom.